The SMILES string of the molecule is Cc1cc(OCC(=O)N(C)C)ccc1N(C)c1cc2c(cn1)ncn2C. The average Bonchev–Trinajstić information content (AvgIpc) is 2.99. The van der Waals surface area contributed by atoms with Gasteiger partial charge >= 0.3 is 0 Å². The van der Waals surface area contributed by atoms with E-state index in [4.69, 9.17) is 4.74 Å². The lowest BCUT2D eigenvalue weighted by Crippen LogP contribution is -2.27. The van der Waals surface area contributed by atoms with Gasteiger partial charge in [0.05, 0.1) is 18.0 Å². The van der Waals surface area contributed by atoms with Gasteiger partial charge in [-0.25, -0.2) is 9.97 Å². The van der Waals surface area contributed by atoms with Gasteiger partial charge in [-0.1, -0.05) is 0 Å². The predicted molar refractivity (Wildman–Crippen MR) is 102 cm³/mol. The molecule has 0 aliphatic rings. The largest absolute Gasteiger partial charge is 0.484 e. The zero-order valence-electron chi connectivity index (χ0n) is 15.7. The molecule has 0 radical (unpaired) electrons. The van der Waals surface area contributed by atoms with E-state index in [-0.39, 0.29) is 12.5 Å². The number of carbonyl (C=O) groups excluding carboxylic acids is 1. The fraction of sp³-hybridized carbons (Fsp3) is 0.316. The Hall–Kier alpha value is -3.09. The van der Waals surface area contributed by atoms with Crippen molar-refractivity contribution in [1.82, 2.24) is 19.4 Å². The number of imidazole rings is 1. The Morgan fingerprint density at radius 2 is 1.96 bits per heavy atom. The molecule has 136 valence electrons. The number of hydrogen-bond acceptors (Lipinski definition) is 5. The van der Waals surface area contributed by atoms with Crippen LogP contribution in [0, 0.1) is 6.92 Å². The van der Waals surface area contributed by atoms with Gasteiger partial charge in [-0.2, -0.15) is 0 Å². The molecule has 7 nitrogen and oxygen atoms in total. The van der Waals surface area contributed by atoms with Gasteiger partial charge in [-0.05, 0) is 30.7 Å². The molecule has 0 aliphatic heterocycles. The predicted octanol–water partition coefficient (Wildman–Crippen LogP) is 2.51. The van der Waals surface area contributed by atoms with Gasteiger partial charge in [0.1, 0.15) is 17.1 Å². The number of rotatable bonds is 5. The first-order chi connectivity index (χ1) is 12.4. The zero-order valence-corrected chi connectivity index (χ0v) is 15.7. The highest BCUT2D eigenvalue weighted by Gasteiger charge is 2.12. The highest BCUT2D eigenvalue weighted by Crippen LogP contribution is 2.29. The van der Waals surface area contributed by atoms with Crippen LogP contribution in [0.4, 0.5) is 11.5 Å². The molecule has 26 heavy (non-hydrogen) atoms. The molecule has 0 fully saturated rings. The van der Waals surface area contributed by atoms with Crippen LogP contribution in [0.25, 0.3) is 11.0 Å². The minimum Gasteiger partial charge on any atom is -0.484 e. The number of aromatic nitrogens is 3. The standard InChI is InChI=1S/C19H23N5O2/c1-13-8-14(26-11-19(25)22(2)3)6-7-16(13)24(5)18-9-17-15(10-20-18)21-12-23(17)4/h6-10,12H,11H2,1-5H3. The molecule has 1 amide bonds. The van der Waals surface area contributed by atoms with E-state index in [0.717, 1.165) is 28.1 Å². The minimum atomic E-state index is -0.0717. The molecule has 1 aromatic carbocycles. The first-order valence-electron chi connectivity index (χ1n) is 8.31. The molecule has 0 saturated heterocycles. The summed E-state index contributed by atoms with van der Waals surface area (Å²) in [6.07, 6.45) is 3.56. The Bertz CT molecular complexity index is 948. The molecule has 0 N–H and O–H groups in total. The minimum absolute atomic E-state index is 0.0281. The summed E-state index contributed by atoms with van der Waals surface area (Å²) in [7, 11) is 7.36. The second kappa shape index (κ2) is 7.03. The molecule has 2 heterocycles. The topological polar surface area (TPSA) is 63.5 Å². The van der Waals surface area contributed by atoms with Crippen LogP contribution in [0.1, 0.15) is 5.56 Å². The molecule has 0 atom stereocenters. The lowest BCUT2D eigenvalue weighted by molar-refractivity contribution is -0.130. The highest BCUT2D eigenvalue weighted by molar-refractivity contribution is 5.79. The number of hydrogen-bond donors (Lipinski definition) is 0. The summed E-state index contributed by atoms with van der Waals surface area (Å²) in [5.41, 5.74) is 3.96. The summed E-state index contributed by atoms with van der Waals surface area (Å²) in [4.78, 5) is 24.0. The average molecular weight is 353 g/mol. The summed E-state index contributed by atoms with van der Waals surface area (Å²) >= 11 is 0. The number of pyridine rings is 1. The van der Waals surface area contributed by atoms with E-state index in [1.54, 1.807) is 26.6 Å². The Balaban J connectivity index is 1.81. The maximum Gasteiger partial charge on any atom is 0.259 e. The van der Waals surface area contributed by atoms with Crippen LogP contribution in [-0.2, 0) is 11.8 Å². The normalized spacial score (nSPS) is 10.8. The van der Waals surface area contributed by atoms with Gasteiger partial charge in [0, 0.05) is 39.9 Å². The molecular weight excluding hydrogens is 330 g/mol. The zero-order chi connectivity index (χ0) is 18.8. The molecule has 0 saturated carbocycles. The monoisotopic (exact) mass is 353 g/mol. The van der Waals surface area contributed by atoms with Gasteiger partial charge in [-0.15, -0.1) is 0 Å². The van der Waals surface area contributed by atoms with Crippen LogP contribution in [-0.4, -0.2) is 53.1 Å². The molecule has 0 unspecified atom stereocenters. The van der Waals surface area contributed by atoms with E-state index < -0.39 is 0 Å². The van der Waals surface area contributed by atoms with Crippen LogP contribution in [0.5, 0.6) is 5.75 Å². The van der Waals surface area contributed by atoms with Crippen molar-refractivity contribution in [2.24, 2.45) is 7.05 Å². The number of ether oxygens (including phenoxy) is 1. The third kappa shape index (κ3) is 3.46. The maximum absolute atomic E-state index is 11.7. The smallest absolute Gasteiger partial charge is 0.259 e. The fourth-order valence-electron chi connectivity index (χ4n) is 2.69. The summed E-state index contributed by atoms with van der Waals surface area (Å²) in [5, 5.41) is 0. The molecule has 7 heteroatoms. The quantitative estimate of drug-likeness (QED) is 0.705. The van der Waals surface area contributed by atoms with E-state index in [2.05, 4.69) is 9.97 Å². The van der Waals surface area contributed by atoms with Gasteiger partial charge < -0.3 is 19.1 Å². The van der Waals surface area contributed by atoms with E-state index in [0.29, 0.717) is 5.75 Å². The van der Waals surface area contributed by atoms with E-state index in [9.17, 15) is 4.79 Å². The fourth-order valence-corrected chi connectivity index (χ4v) is 2.69. The van der Waals surface area contributed by atoms with Crippen molar-refractivity contribution in [3.8, 4) is 5.75 Å². The first-order valence-corrected chi connectivity index (χ1v) is 8.31. The highest BCUT2D eigenvalue weighted by atomic mass is 16.5. The number of likely N-dealkylation sites (N-methyl/N-ethyl adjacent to an activating group) is 1. The van der Waals surface area contributed by atoms with Gasteiger partial charge in [0.2, 0.25) is 0 Å². The van der Waals surface area contributed by atoms with Gasteiger partial charge in [0.15, 0.2) is 6.61 Å². The van der Waals surface area contributed by atoms with Crippen molar-refractivity contribution in [3.63, 3.8) is 0 Å². The van der Waals surface area contributed by atoms with Crippen molar-refractivity contribution in [1.29, 1.82) is 0 Å². The molecule has 3 rings (SSSR count). The van der Waals surface area contributed by atoms with E-state index in [1.807, 2.05) is 54.8 Å². The van der Waals surface area contributed by atoms with Crippen molar-refractivity contribution >= 4 is 28.4 Å². The Morgan fingerprint density at radius 1 is 1.19 bits per heavy atom. The van der Waals surface area contributed by atoms with Gasteiger partial charge in [0.25, 0.3) is 5.91 Å². The number of carbonyl (C=O) groups is 1. The number of anilines is 2. The van der Waals surface area contributed by atoms with Crippen molar-refractivity contribution < 1.29 is 9.53 Å². The molecule has 0 bridgehead atoms. The van der Waals surface area contributed by atoms with Gasteiger partial charge in [-0.3, -0.25) is 4.79 Å². The summed E-state index contributed by atoms with van der Waals surface area (Å²) < 4.78 is 7.55. The second-order valence-electron chi connectivity index (χ2n) is 6.47. The molecule has 2 aromatic heterocycles. The maximum atomic E-state index is 11.7. The molecular formula is C19H23N5O2. The third-order valence-corrected chi connectivity index (χ3v) is 4.33. The van der Waals surface area contributed by atoms with Crippen molar-refractivity contribution in [2.75, 3.05) is 32.6 Å². The lowest BCUT2D eigenvalue weighted by atomic mass is 10.1. The number of fused-ring (bicyclic) bond motifs is 1. The van der Waals surface area contributed by atoms with Crippen LogP contribution in [0.2, 0.25) is 0 Å². The number of benzene rings is 1. The Kier molecular flexibility index (Phi) is 4.79. The molecule has 0 spiro atoms. The van der Waals surface area contributed by atoms with Crippen LogP contribution in [0.3, 0.4) is 0 Å². The van der Waals surface area contributed by atoms with E-state index >= 15 is 0 Å². The summed E-state index contributed by atoms with van der Waals surface area (Å²) in [6, 6.07) is 7.78. The Labute approximate surface area is 152 Å². The van der Waals surface area contributed by atoms with Crippen LogP contribution in [0.15, 0.2) is 36.8 Å². The third-order valence-electron chi connectivity index (χ3n) is 4.33. The molecule has 0 aliphatic carbocycles. The number of aryl methyl sites for hydroxylation is 2. The summed E-state index contributed by atoms with van der Waals surface area (Å²) in [6.45, 7) is 2.04. The second-order valence-corrected chi connectivity index (χ2v) is 6.47. The van der Waals surface area contributed by atoms with Crippen molar-refractivity contribution in [2.45, 2.75) is 6.92 Å². The first kappa shape index (κ1) is 17.7. The van der Waals surface area contributed by atoms with Crippen LogP contribution >= 0.6 is 0 Å². The number of nitrogens with zero attached hydrogens (tertiary/aromatic N) is 5. The Morgan fingerprint density at radius 3 is 2.65 bits per heavy atom. The van der Waals surface area contributed by atoms with Crippen molar-refractivity contribution in [3.05, 3.63) is 42.4 Å². The van der Waals surface area contributed by atoms with Crippen LogP contribution < -0.4 is 9.64 Å². The lowest BCUT2D eigenvalue weighted by Gasteiger charge is -2.21. The summed E-state index contributed by atoms with van der Waals surface area (Å²) in [5.74, 6) is 1.43. The van der Waals surface area contributed by atoms with E-state index in [1.165, 1.54) is 4.90 Å². The number of amides is 1. The molecule has 3 aromatic rings.